The van der Waals surface area contributed by atoms with E-state index in [1.807, 2.05) is 57.2 Å². The van der Waals surface area contributed by atoms with Crippen molar-refractivity contribution in [2.24, 2.45) is 0 Å². The van der Waals surface area contributed by atoms with E-state index in [1.165, 1.54) is 15.9 Å². The average molecular weight is 367 g/mol. The minimum Gasteiger partial charge on any atom is -0.382 e. The van der Waals surface area contributed by atoms with Gasteiger partial charge in [-0.3, -0.25) is 9.36 Å². The molecular weight excluding hydrogens is 346 g/mol. The van der Waals surface area contributed by atoms with Gasteiger partial charge in [0, 0.05) is 19.8 Å². The van der Waals surface area contributed by atoms with Gasteiger partial charge in [-0.2, -0.15) is 10.5 Å². The molecule has 0 spiro atoms. The summed E-state index contributed by atoms with van der Waals surface area (Å²) in [6, 6.07) is 9.85. The Morgan fingerprint density at radius 3 is 2.69 bits per heavy atom. The van der Waals surface area contributed by atoms with Crippen LogP contribution < -0.4 is 14.8 Å². The zero-order chi connectivity index (χ0) is 19.1. The van der Waals surface area contributed by atoms with E-state index >= 15 is 0 Å². The van der Waals surface area contributed by atoms with E-state index in [0.29, 0.717) is 35.4 Å². The van der Waals surface area contributed by atoms with Crippen LogP contribution in [0.3, 0.4) is 0 Å². The summed E-state index contributed by atoms with van der Waals surface area (Å²) in [5.74, 6) is 0. The maximum Gasteiger partial charge on any atom is 0.269 e. The van der Waals surface area contributed by atoms with Gasteiger partial charge in [0.2, 0.25) is 0 Å². The first-order valence-electron chi connectivity index (χ1n) is 8.42. The first-order valence-corrected chi connectivity index (χ1v) is 9.24. The van der Waals surface area contributed by atoms with Crippen LogP contribution in [0.15, 0.2) is 23.0 Å². The molecule has 0 radical (unpaired) electrons. The fourth-order valence-corrected chi connectivity index (χ4v) is 3.62. The van der Waals surface area contributed by atoms with Gasteiger partial charge < -0.3 is 4.74 Å². The summed E-state index contributed by atoms with van der Waals surface area (Å²) in [5.41, 5.74) is 2.93. The van der Waals surface area contributed by atoms with E-state index in [2.05, 4.69) is 0 Å². The van der Waals surface area contributed by atoms with Crippen molar-refractivity contribution in [2.45, 2.75) is 33.7 Å². The van der Waals surface area contributed by atoms with Gasteiger partial charge in [-0.05, 0) is 44.4 Å². The molecule has 0 bridgehead atoms. The highest BCUT2D eigenvalue weighted by Gasteiger charge is 2.09. The van der Waals surface area contributed by atoms with Gasteiger partial charge in [0.15, 0.2) is 5.57 Å². The lowest BCUT2D eigenvalue weighted by atomic mass is 10.1. The van der Waals surface area contributed by atoms with Crippen molar-refractivity contribution in [3.05, 3.63) is 54.4 Å². The number of aromatic nitrogens is 1. The van der Waals surface area contributed by atoms with E-state index in [1.54, 1.807) is 0 Å². The third kappa shape index (κ3) is 4.49. The number of nitriles is 2. The van der Waals surface area contributed by atoms with Crippen molar-refractivity contribution in [3.63, 3.8) is 0 Å². The van der Waals surface area contributed by atoms with E-state index in [0.717, 1.165) is 16.7 Å². The van der Waals surface area contributed by atoms with Crippen LogP contribution in [0.1, 0.15) is 30.0 Å². The van der Waals surface area contributed by atoms with Gasteiger partial charge in [-0.1, -0.05) is 23.8 Å². The van der Waals surface area contributed by atoms with Gasteiger partial charge in [0.25, 0.3) is 5.56 Å². The zero-order valence-electron chi connectivity index (χ0n) is 15.2. The Morgan fingerprint density at radius 1 is 1.31 bits per heavy atom. The molecule has 0 aliphatic rings. The van der Waals surface area contributed by atoms with Crippen LogP contribution >= 0.6 is 11.3 Å². The standard InChI is InChI=1S/C20H21N3O2S/c1-4-25-9-5-8-23-19(24)18(26-20(23)17(12-21)13-22)11-16-10-14(2)6-7-15(16)3/h6-7,10-11H,4-5,8-9H2,1-3H3. The molecule has 26 heavy (non-hydrogen) atoms. The van der Waals surface area contributed by atoms with Crippen LogP contribution in [0.4, 0.5) is 0 Å². The normalized spacial score (nSPS) is 11.2. The Morgan fingerprint density at radius 2 is 2.04 bits per heavy atom. The molecule has 5 nitrogen and oxygen atoms in total. The Kier molecular flexibility index (Phi) is 6.91. The summed E-state index contributed by atoms with van der Waals surface area (Å²) in [6.45, 7) is 7.46. The molecule has 1 heterocycles. The van der Waals surface area contributed by atoms with Gasteiger partial charge in [0.1, 0.15) is 16.8 Å². The van der Waals surface area contributed by atoms with E-state index in [4.69, 9.17) is 4.74 Å². The number of hydrogen-bond donors (Lipinski definition) is 0. The van der Waals surface area contributed by atoms with Gasteiger partial charge in [-0.25, -0.2) is 0 Å². The lowest BCUT2D eigenvalue weighted by Crippen LogP contribution is -2.32. The summed E-state index contributed by atoms with van der Waals surface area (Å²) in [7, 11) is 0. The fourth-order valence-electron chi connectivity index (χ4n) is 2.55. The van der Waals surface area contributed by atoms with Crippen molar-refractivity contribution < 1.29 is 4.74 Å². The van der Waals surface area contributed by atoms with Gasteiger partial charge in [-0.15, -0.1) is 11.3 Å². The molecule has 0 unspecified atom stereocenters. The van der Waals surface area contributed by atoms with E-state index in [-0.39, 0.29) is 11.1 Å². The van der Waals surface area contributed by atoms with E-state index in [9.17, 15) is 15.3 Å². The van der Waals surface area contributed by atoms with E-state index < -0.39 is 0 Å². The predicted octanol–water partition coefficient (Wildman–Crippen LogP) is 1.98. The van der Waals surface area contributed by atoms with Crippen LogP contribution in [0.5, 0.6) is 0 Å². The summed E-state index contributed by atoms with van der Waals surface area (Å²) in [5, 5.41) is 18.5. The summed E-state index contributed by atoms with van der Waals surface area (Å²) < 4.78 is 7.77. The number of rotatable bonds is 6. The third-order valence-electron chi connectivity index (χ3n) is 3.94. The molecule has 134 valence electrons. The predicted molar refractivity (Wildman–Crippen MR) is 103 cm³/mol. The number of thiazole rings is 1. The number of hydrogen-bond acceptors (Lipinski definition) is 5. The SMILES string of the molecule is CCOCCCn1c(=C(C#N)C#N)sc(=Cc2cc(C)ccc2C)c1=O. The Labute approximate surface area is 156 Å². The molecule has 0 aliphatic heterocycles. The maximum absolute atomic E-state index is 12.9. The molecule has 0 N–H and O–H groups in total. The number of nitrogens with zero attached hydrogens (tertiary/aromatic N) is 3. The molecule has 0 aliphatic carbocycles. The smallest absolute Gasteiger partial charge is 0.269 e. The molecule has 2 rings (SSSR count). The molecule has 1 aromatic carbocycles. The van der Waals surface area contributed by atoms with Gasteiger partial charge >= 0.3 is 0 Å². The van der Waals surface area contributed by atoms with Crippen molar-refractivity contribution in [2.75, 3.05) is 13.2 Å². The molecule has 0 atom stereocenters. The van der Waals surface area contributed by atoms with Crippen molar-refractivity contribution in [1.82, 2.24) is 4.57 Å². The highest BCUT2D eigenvalue weighted by Crippen LogP contribution is 2.11. The Balaban J connectivity index is 2.63. The van der Waals surface area contributed by atoms with Crippen LogP contribution in [-0.4, -0.2) is 17.8 Å². The minimum absolute atomic E-state index is 0.0378. The highest BCUT2D eigenvalue weighted by atomic mass is 32.1. The molecule has 1 aromatic heterocycles. The fraction of sp³-hybridized carbons (Fsp3) is 0.350. The van der Waals surface area contributed by atoms with Crippen molar-refractivity contribution >= 4 is 23.0 Å². The lowest BCUT2D eigenvalue weighted by Gasteiger charge is -2.02. The Hall–Kier alpha value is -2.67. The molecule has 0 saturated heterocycles. The quantitative estimate of drug-likeness (QED) is 0.732. The Bertz CT molecular complexity index is 1030. The highest BCUT2D eigenvalue weighted by molar-refractivity contribution is 7.07. The maximum atomic E-state index is 12.9. The topological polar surface area (TPSA) is 78.8 Å². The van der Waals surface area contributed by atoms with Crippen LogP contribution in [0, 0.1) is 36.5 Å². The van der Waals surface area contributed by atoms with Crippen LogP contribution in [0.25, 0.3) is 11.6 Å². The summed E-state index contributed by atoms with van der Waals surface area (Å²) in [4.78, 5) is 12.9. The molecule has 0 amide bonds. The molecule has 0 saturated carbocycles. The monoisotopic (exact) mass is 367 g/mol. The summed E-state index contributed by atoms with van der Waals surface area (Å²) >= 11 is 1.19. The number of benzene rings is 1. The van der Waals surface area contributed by atoms with Crippen molar-refractivity contribution in [1.29, 1.82) is 10.5 Å². The number of ether oxygens (including phenoxy) is 1. The third-order valence-corrected chi connectivity index (χ3v) is 5.07. The van der Waals surface area contributed by atoms with Crippen molar-refractivity contribution in [3.8, 4) is 12.1 Å². The molecule has 0 fully saturated rings. The zero-order valence-corrected chi connectivity index (χ0v) is 16.0. The largest absolute Gasteiger partial charge is 0.382 e. The average Bonchev–Trinajstić information content (AvgIpc) is 2.92. The second-order valence-electron chi connectivity index (χ2n) is 5.88. The minimum atomic E-state index is -0.176. The van der Waals surface area contributed by atoms with Gasteiger partial charge in [0.05, 0.1) is 4.53 Å². The second kappa shape index (κ2) is 9.15. The lowest BCUT2D eigenvalue weighted by molar-refractivity contribution is 0.141. The first kappa shape index (κ1) is 19.7. The molecule has 2 aromatic rings. The van der Waals surface area contributed by atoms with Crippen LogP contribution in [0.2, 0.25) is 0 Å². The van der Waals surface area contributed by atoms with Crippen LogP contribution in [-0.2, 0) is 11.3 Å². The summed E-state index contributed by atoms with van der Waals surface area (Å²) in [6.07, 6.45) is 2.48. The number of aryl methyl sites for hydroxylation is 2. The molecular formula is C20H21N3O2S. The molecule has 6 heteroatoms. The first-order chi connectivity index (χ1) is 12.5. The second-order valence-corrected chi connectivity index (χ2v) is 6.91.